The van der Waals surface area contributed by atoms with E-state index < -0.39 is 0 Å². The van der Waals surface area contributed by atoms with Crippen molar-refractivity contribution >= 4 is 46.4 Å². The Morgan fingerprint density at radius 2 is 1.48 bits per heavy atom. The molecule has 0 unspecified atom stereocenters. The predicted molar refractivity (Wildman–Crippen MR) is 128 cm³/mol. The fraction of sp³-hybridized carbons (Fsp3) is 0.636. The van der Waals surface area contributed by atoms with Crippen LogP contribution in [0.3, 0.4) is 0 Å². The Bertz CT molecular complexity index is 607. The number of hydrogen-bond acceptors (Lipinski definition) is 5. The van der Waals surface area contributed by atoms with Gasteiger partial charge >= 0.3 is 0 Å². The zero-order chi connectivity index (χ0) is 22.9. The highest BCUT2D eigenvalue weighted by atomic mass is 35.5. The Morgan fingerprint density at radius 1 is 0.871 bits per heavy atom. The zero-order valence-electron chi connectivity index (χ0n) is 18.1. The average molecular weight is 518 g/mol. The van der Waals surface area contributed by atoms with Gasteiger partial charge in [-0.2, -0.15) is 0 Å². The largest absolute Gasteiger partial charge is 0.490 e. The smallest absolute Gasteiger partial charge is 0.180 e. The Labute approximate surface area is 205 Å². The van der Waals surface area contributed by atoms with E-state index in [4.69, 9.17) is 70.1 Å². The molecule has 0 aliphatic carbocycles. The number of benzene rings is 1. The summed E-state index contributed by atoms with van der Waals surface area (Å²) >= 11 is 23.6. The van der Waals surface area contributed by atoms with Gasteiger partial charge in [0.05, 0.1) is 23.3 Å². The first-order valence-corrected chi connectivity index (χ1v) is 12.1. The predicted octanol–water partition coefficient (Wildman–Crippen LogP) is 7.44. The third-order valence-corrected chi connectivity index (χ3v) is 4.78. The van der Waals surface area contributed by atoms with Crippen molar-refractivity contribution in [2.75, 3.05) is 39.6 Å². The van der Waals surface area contributed by atoms with Crippen LogP contribution >= 0.6 is 46.4 Å². The van der Waals surface area contributed by atoms with E-state index in [-0.39, 0.29) is 17.4 Å². The molecule has 0 aromatic heterocycles. The van der Waals surface area contributed by atoms with Crippen molar-refractivity contribution in [1.29, 1.82) is 0 Å². The molecule has 1 rings (SSSR count). The summed E-state index contributed by atoms with van der Waals surface area (Å²) in [6, 6.07) is 3.29. The summed E-state index contributed by atoms with van der Waals surface area (Å²) < 4.78 is 28.3. The van der Waals surface area contributed by atoms with Crippen LogP contribution in [0.25, 0.3) is 0 Å². The number of unbranched alkanes of at least 4 members (excludes halogenated alkanes) is 2. The number of ether oxygens (including phenoxy) is 5. The lowest BCUT2D eigenvalue weighted by molar-refractivity contribution is -0.172. The van der Waals surface area contributed by atoms with E-state index in [0.29, 0.717) is 54.6 Å². The SMILES string of the molecule is CCCOC(COCCCCCOc1c(Cl)cc(OCC=C(Cl)Cl)cc1Cl)OCCC. The first kappa shape index (κ1) is 28.6. The Balaban J connectivity index is 2.24. The van der Waals surface area contributed by atoms with Crippen LogP contribution < -0.4 is 9.47 Å². The molecule has 0 fully saturated rings. The van der Waals surface area contributed by atoms with Gasteiger partial charge in [0, 0.05) is 32.0 Å². The maximum absolute atomic E-state index is 6.26. The molecule has 5 nitrogen and oxygen atoms in total. The minimum Gasteiger partial charge on any atom is -0.490 e. The van der Waals surface area contributed by atoms with Crippen LogP contribution in [0.2, 0.25) is 10.0 Å². The van der Waals surface area contributed by atoms with Crippen molar-refractivity contribution in [1.82, 2.24) is 0 Å². The third kappa shape index (κ3) is 13.7. The molecular formula is C22H32Cl4O5. The molecular weight excluding hydrogens is 486 g/mol. The van der Waals surface area contributed by atoms with E-state index in [1.165, 1.54) is 6.08 Å². The number of hydrogen-bond donors (Lipinski definition) is 0. The van der Waals surface area contributed by atoms with Crippen LogP contribution in [-0.4, -0.2) is 45.9 Å². The molecule has 0 amide bonds. The molecule has 1 aromatic carbocycles. The average Bonchev–Trinajstić information content (AvgIpc) is 2.72. The molecule has 178 valence electrons. The summed E-state index contributed by atoms with van der Waals surface area (Å²) in [5.74, 6) is 0.955. The molecule has 0 atom stereocenters. The Hall–Kier alpha value is -0.400. The third-order valence-electron chi connectivity index (χ3n) is 3.91. The first-order valence-electron chi connectivity index (χ1n) is 10.5. The summed E-state index contributed by atoms with van der Waals surface area (Å²) in [5, 5.41) is 0.772. The van der Waals surface area contributed by atoms with Crippen molar-refractivity contribution < 1.29 is 23.7 Å². The second kappa shape index (κ2) is 18.1. The second-order valence-corrected chi connectivity index (χ2v) is 8.50. The quantitative estimate of drug-likeness (QED) is 0.149. The van der Waals surface area contributed by atoms with Crippen LogP contribution in [0.4, 0.5) is 0 Å². The van der Waals surface area contributed by atoms with E-state index in [9.17, 15) is 0 Å². The Kier molecular flexibility index (Phi) is 16.7. The van der Waals surface area contributed by atoms with Crippen molar-refractivity contribution in [3.8, 4) is 11.5 Å². The molecule has 0 spiro atoms. The molecule has 0 saturated heterocycles. The fourth-order valence-electron chi connectivity index (χ4n) is 2.44. The Morgan fingerprint density at radius 3 is 2.06 bits per heavy atom. The maximum Gasteiger partial charge on any atom is 0.180 e. The molecule has 1 aromatic rings. The van der Waals surface area contributed by atoms with Gasteiger partial charge in [0.15, 0.2) is 12.0 Å². The summed E-state index contributed by atoms with van der Waals surface area (Å²) in [5.41, 5.74) is 0. The van der Waals surface area contributed by atoms with E-state index >= 15 is 0 Å². The monoisotopic (exact) mass is 516 g/mol. The van der Waals surface area contributed by atoms with Crippen molar-refractivity contribution in [3.63, 3.8) is 0 Å². The topological polar surface area (TPSA) is 46.2 Å². The second-order valence-electron chi connectivity index (χ2n) is 6.68. The van der Waals surface area contributed by atoms with Crippen LogP contribution in [-0.2, 0) is 14.2 Å². The van der Waals surface area contributed by atoms with Crippen molar-refractivity contribution in [3.05, 3.63) is 32.7 Å². The molecule has 0 N–H and O–H groups in total. The van der Waals surface area contributed by atoms with Gasteiger partial charge in [-0.15, -0.1) is 0 Å². The first-order chi connectivity index (χ1) is 15.0. The van der Waals surface area contributed by atoms with Gasteiger partial charge in [-0.1, -0.05) is 60.3 Å². The molecule has 9 heteroatoms. The van der Waals surface area contributed by atoms with E-state index in [0.717, 1.165) is 32.1 Å². The molecule has 0 heterocycles. The van der Waals surface area contributed by atoms with Crippen LogP contribution in [0.5, 0.6) is 11.5 Å². The lowest BCUT2D eigenvalue weighted by Gasteiger charge is -2.18. The highest BCUT2D eigenvalue weighted by Crippen LogP contribution is 2.37. The number of rotatable bonds is 18. The van der Waals surface area contributed by atoms with Gasteiger partial charge < -0.3 is 23.7 Å². The van der Waals surface area contributed by atoms with Crippen LogP contribution in [0.1, 0.15) is 46.0 Å². The lowest BCUT2D eigenvalue weighted by atomic mass is 10.2. The molecule has 0 aliphatic heterocycles. The lowest BCUT2D eigenvalue weighted by Crippen LogP contribution is -2.24. The highest BCUT2D eigenvalue weighted by molar-refractivity contribution is 6.55. The minimum atomic E-state index is -0.289. The number of halogens is 4. The van der Waals surface area contributed by atoms with Gasteiger partial charge in [0.1, 0.15) is 16.8 Å². The maximum atomic E-state index is 6.26. The summed E-state index contributed by atoms with van der Waals surface area (Å²) in [7, 11) is 0. The summed E-state index contributed by atoms with van der Waals surface area (Å²) in [4.78, 5) is 0. The van der Waals surface area contributed by atoms with Gasteiger partial charge in [0.25, 0.3) is 0 Å². The van der Waals surface area contributed by atoms with Crippen molar-refractivity contribution in [2.45, 2.75) is 52.2 Å². The van der Waals surface area contributed by atoms with E-state index in [1.54, 1.807) is 12.1 Å². The van der Waals surface area contributed by atoms with Gasteiger partial charge in [-0.05, 0) is 38.2 Å². The van der Waals surface area contributed by atoms with E-state index in [2.05, 4.69) is 13.8 Å². The minimum absolute atomic E-state index is 0.136. The molecule has 0 radical (unpaired) electrons. The zero-order valence-corrected chi connectivity index (χ0v) is 21.2. The normalized spacial score (nSPS) is 11.1. The molecule has 0 aliphatic rings. The molecule has 0 bridgehead atoms. The van der Waals surface area contributed by atoms with Crippen LogP contribution in [0, 0.1) is 0 Å². The van der Waals surface area contributed by atoms with Crippen molar-refractivity contribution in [2.24, 2.45) is 0 Å². The molecule has 31 heavy (non-hydrogen) atoms. The van der Waals surface area contributed by atoms with E-state index in [1.807, 2.05) is 0 Å². The summed E-state index contributed by atoms with van der Waals surface area (Å²) in [6.07, 6.45) is 5.88. The van der Waals surface area contributed by atoms with Gasteiger partial charge in [0.2, 0.25) is 0 Å². The highest BCUT2D eigenvalue weighted by Gasteiger charge is 2.11. The molecule has 0 saturated carbocycles. The fourth-order valence-corrected chi connectivity index (χ4v) is 3.14. The van der Waals surface area contributed by atoms with Crippen LogP contribution in [0.15, 0.2) is 22.7 Å². The van der Waals surface area contributed by atoms with Gasteiger partial charge in [-0.25, -0.2) is 0 Å². The summed E-state index contributed by atoms with van der Waals surface area (Å²) in [6.45, 7) is 7.30. The van der Waals surface area contributed by atoms with Gasteiger partial charge in [-0.3, -0.25) is 0 Å². The standard InChI is InChI=1S/C22H32Cl4O5/c1-3-9-29-21(30-10-4-2)16-27-11-6-5-7-12-31-22-18(23)14-17(15-19(22)24)28-13-8-20(25)26/h8,14-15,21H,3-7,9-13,16H2,1-2H3.